The van der Waals surface area contributed by atoms with Gasteiger partial charge in [-0.2, -0.15) is 0 Å². The Morgan fingerprint density at radius 2 is 1.16 bits per heavy atom. The van der Waals surface area contributed by atoms with Crippen molar-refractivity contribution in [1.82, 2.24) is 0 Å². The van der Waals surface area contributed by atoms with E-state index in [1.165, 1.54) is 0 Å². The van der Waals surface area contributed by atoms with Crippen molar-refractivity contribution in [3.8, 4) is 11.5 Å². The van der Waals surface area contributed by atoms with Gasteiger partial charge in [-0.1, -0.05) is 45.9 Å². The molecule has 0 saturated heterocycles. The van der Waals surface area contributed by atoms with E-state index < -0.39 is 13.4 Å². The number of fused-ring (bicyclic) bond motifs is 1. The molecule has 4 rings (SSSR count). The normalized spacial score (nSPS) is 13.9. The molecule has 3 aromatic rings. The van der Waals surface area contributed by atoms with Gasteiger partial charge in [0.25, 0.3) is 0 Å². The van der Waals surface area contributed by atoms with E-state index in [0.29, 0.717) is 16.7 Å². The number of cyclic esters (lactones) is 1. The summed E-state index contributed by atoms with van der Waals surface area (Å²) in [5, 5.41) is 21.0. The van der Waals surface area contributed by atoms with E-state index in [-0.39, 0.29) is 52.4 Å². The lowest BCUT2D eigenvalue weighted by molar-refractivity contribution is 0.0244. The summed E-state index contributed by atoms with van der Waals surface area (Å²) >= 11 is 0. The zero-order valence-electron chi connectivity index (χ0n) is 22.4. The lowest BCUT2D eigenvalue weighted by Gasteiger charge is -2.36. The van der Waals surface area contributed by atoms with Crippen molar-refractivity contribution >= 4 is 36.8 Å². The monoisotopic (exact) mass is 552 g/mol. The van der Waals surface area contributed by atoms with Gasteiger partial charge < -0.3 is 29.6 Å². The maximum absolute atomic E-state index is 13.2. The average molecular weight is 553 g/mol. The molecule has 0 bridgehead atoms. The van der Waals surface area contributed by atoms with Crippen LogP contribution in [0.5, 0.6) is 11.5 Å². The molecule has 0 saturated carbocycles. The number of phosphoric acid groups is 1. The van der Waals surface area contributed by atoms with E-state index in [9.17, 15) is 15.0 Å². The minimum Gasteiger partial charge on any atom is -0.508 e. The Morgan fingerprint density at radius 3 is 1.55 bits per heavy atom. The summed E-state index contributed by atoms with van der Waals surface area (Å²) in [4.78, 5) is 34.7. The maximum Gasteiger partial charge on any atom is 0.466 e. The molecule has 0 amide bonds. The molecule has 8 nitrogen and oxygen atoms in total. The second kappa shape index (κ2) is 11.8. The molecule has 200 valence electrons. The van der Waals surface area contributed by atoms with Crippen LogP contribution < -0.4 is 0 Å². The minimum atomic E-state index is -4.64. The largest absolute Gasteiger partial charge is 0.508 e. The van der Waals surface area contributed by atoms with Gasteiger partial charge in [0.1, 0.15) is 11.5 Å². The van der Waals surface area contributed by atoms with Crippen LogP contribution in [-0.2, 0) is 14.9 Å². The number of esters is 1. The number of carbonyl (C=O) groups excluding carboxylic acids is 1. The number of benzene rings is 3. The average Bonchev–Trinajstić information content (AvgIpc) is 3.09. The van der Waals surface area contributed by atoms with Crippen LogP contribution in [0.4, 0.5) is 0 Å². The first-order valence-electron chi connectivity index (χ1n) is 11.9. The Morgan fingerprint density at radius 1 is 0.763 bits per heavy atom. The third-order valence-electron chi connectivity index (χ3n) is 6.51. The first kappa shape index (κ1) is 31.8. The van der Waals surface area contributed by atoms with Crippen molar-refractivity contribution in [3.63, 3.8) is 0 Å². The fourth-order valence-corrected chi connectivity index (χ4v) is 4.75. The second-order valence-corrected chi connectivity index (χ2v) is 10.9. The molecule has 5 N–H and O–H groups in total. The predicted molar refractivity (Wildman–Crippen MR) is 146 cm³/mol. The van der Waals surface area contributed by atoms with Crippen molar-refractivity contribution in [2.45, 2.75) is 59.0 Å². The summed E-state index contributed by atoms with van der Waals surface area (Å²) in [5.41, 5.74) is 5.08. The van der Waals surface area contributed by atoms with E-state index in [2.05, 4.69) is 27.7 Å². The molecule has 3 aromatic carbocycles. The lowest BCUT2D eigenvalue weighted by atomic mass is 9.72. The molecule has 2 radical (unpaired) electrons. The molecule has 0 unspecified atom stereocenters. The standard InChI is InChI=1S/C28H30O4.Mg.H3O4P/c1-15(2)20-13-25(29)17(5)11-23(20)28(22-10-8-7-9-19(22)27(31)32-28)24-12-18(6)26(30)14-21(24)16(3)4;;1-5(2,3)4/h7-16,29-30H,1-6H3;;(H3,1,2,3,4). The quantitative estimate of drug-likeness (QED) is 0.170. The number of aryl methyl sites for hydroxylation is 2. The summed E-state index contributed by atoms with van der Waals surface area (Å²) in [6, 6.07) is 14.9. The second-order valence-electron chi connectivity index (χ2n) is 9.89. The van der Waals surface area contributed by atoms with Gasteiger partial charge in [-0.25, -0.2) is 9.36 Å². The van der Waals surface area contributed by atoms with Gasteiger partial charge in [0, 0.05) is 39.7 Å². The van der Waals surface area contributed by atoms with Gasteiger partial charge in [-0.3, -0.25) is 0 Å². The summed E-state index contributed by atoms with van der Waals surface area (Å²) in [6.45, 7) is 12.0. The molecule has 1 aliphatic rings. The number of rotatable bonds is 4. The van der Waals surface area contributed by atoms with Crippen LogP contribution in [0.25, 0.3) is 0 Å². The van der Waals surface area contributed by atoms with Crippen LogP contribution >= 0.6 is 7.82 Å². The molecule has 0 atom stereocenters. The zero-order chi connectivity index (χ0) is 27.9. The number of ether oxygens (including phenoxy) is 1. The molecular formula is C28H33MgO8P. The number of phenolic OH excluding ortho intramolecular Hbond substituents is 2. The highest BCUT2D eigenvalue weighted by atomic mass is 31.2. The highest BCUT2D eigenvalue weighted by Crippen LogP contribution is 2.52. The van der Waals surface area contributed by atoms with Crippen LogP contribution in [0.3, 0.4) is 0 Å². The smallest absolute Gasteiger partial charge is 0.466 e. The summed E-state index contributed by atoms with van der Waals surface area (Å²) in [5.74, 6) is 0.231. The van der Waals surface area contributed by atoms with Crippen LogP contribution in [0.1, 0.15) is 88.8 Å². The first-order chi connectivity index (χ1) is 17.1. The molecule has 38 heavy (non-hydrogen) atoms. The molecule has 0 aliphatic carbocycles. The molecule has 0 fully saturated rings. The van der Waals surface area contributed by atoms with Crippen LogP contribution in [0, 0.1) is 13.8 Å². The van der Waals surface area contributed by atoms with Crippen molar-refractivity contribution in [2.75, 3.05) is 0 Å². The molecular weight excluding hydrogens is 520 g/mol. The molecule has 1 heterocycles. The Hall–Kier alpha value is -2.39. The van der Waals surface area contributed by atoms with Gasteiger partial charge in [-0.15, -0.1) is 0 Å². The minimum absolute atomic E-state index is 0. The fraction of sp³-hybridized carbons (Fsp3) is 0.321. The third-order valence-corrected chi connectivity index (χ3v) is 6.51. The summed E-state index contributed by atoms with van der Waals surface area (Å²) in [6.07, 6.45) is 0. The Bertz CT molecular complexity index is 1320. The molecule has 10 heteroatoms. The van der Waals surface area contributed by atoms with Gasteiger partial charge in [-0.05, 0) is 78.3 Å². The van der Waals surface area contributed by atoms with E-state index in [4.69, 9.17) is 24.0 Å². The number of aromatic hydroxyl groups is 2. The molecule has 1 aliphatic heterocycles. The molecule has 0 aromatic heterocycles. The van der Waals surface area contributed by atoms with Crippen LogP contribution in [0.2, 0.25) is 0 Å². The van der Waals surface area contributed by atoms with Crippen molar-refractivity contribution in [2.24, 2.45) is 0 Å². The topological polar surface area (TPSA) is 145 Å². The first-order valence-corrected chi connectivity index (χ1v) is 13.4. The van der Waals surface area contributed by atoms with Gasteiger partial charge >= 0.3 is 13.8 Å². The van der Waals surface area contributed by atoms with Gasteiger partial charge in [0.2, 0.25) is 0 Å². The summed E-state index contributed by atoms with van der Waals surface area (Å²) in [7, 11) is -4.64. The highest BCUT2D eigenvalue weighted by Gasteiger charge is 2.51. The fourth-order valence-electron chi connectivity index (χ4n) is 4.75. The van der Waals surface area contributed by atoms with Gasteiger partial charge in [0.05, 0.1) is 5.56 Å². The SMILES string of the molecule is Cc1cc(C2(c3cc(C)c(O)cc3C(C)C)OC(=O)c3ccccc32)c(C(C)C)cc1O.O=P(O)(O)O.[Mg]. The number of phenols is 2. The van der Waals surface area contributed by atoms with Crippen molar-refractivity contribution < 1.29 is 39.0 Å². The lowest BCUT2D eigenvalue weighted by Crippen LogP contribution is -2.33. The van der Waals surface area contributed by atoms with E-state index in [1.807, 2.05) is 44.2 Å². The number of hydrogen-bond acceptors (Lipinski definition) is 5. The Kier molecular flexibility index (Phi) is 9.86. The van der Waals surface area contributed by atoms with E-state index >= 15 is 0 Å². The molecule has 0 spiro atoms. The predicted octanol–water partition coefficient (Wildman–Crippen LogP) is 5.11. The zero-order valence-corrected chi connectivity index (χ0v) is 24.7. The maximum atomic E-state index is 13.2. The van der Waals surface area contributed by atoms with E-state index in [1.54, 1.807) is 18.2 Å². The van der Waals surface area contributed by atoms with Crippen molar-refractivity contribution in [3.05, 3.63) is 93.0 Å². The third kappa shape index (κ3) is 6.25. The Balaban J connectivity index is 0.000000774. The highest BCUT2D eigenvalue weighted by molar-refractivity contribution is 7.45. The van der Waals surface area contributed by atoms with E-state index in [0.717, 1.165) is 27.8 Å². The summed E-state index contributed by atoms with van der Waals surface area (Å²) < 4.78 is 15.2. The number of carbonyl (C=O) groups is 1. The Labute approximate surface area is 238 Å². The van der Waals surface area contributed by atoms with Gasteiger partial charge in [0.15, 0.2) is 5.60 Å². The van der Waals surface area contributed by atoms with Crippen LogP contribution in [-0.4, -0.2) is 53.9 Å². The van der Waals surface area contributed by atoms with Crippen LogP contribution in [0.15, 0.2) is 48.5 Å². The van der Waals surface area contributed by atoms with Crippen molar-refractivity contribution in [1.29, 1.82) is 0 Å². The number of hydrogen-bond donors (Lipinski definition) is 5.